The number of rotatable bonds is 12. The molecule has 0 bridgehead atoms. The Balaban J connectivity index is 1.36. The molecule has 11 nitrogen and oxygen atoms in total. The second kappa shape index (κ2) is 14.3. The first-order chi connectivity index (χ1) is 22.5. The number of amides is 2. The van der Waals surface area contributed by atoms with Crippen LogP contribution in [0.25, 0.3) is 0 Å². The second-order valence-electron chi connectivity index (χ2n) is 11.4. The zero-order chi connectivity index (χ0) is 33.8. The molecule has 1 aliphatic carbocycles. The van der Waals surface area contributed by atoms with Gasteiger partial charge in [0, 0.05) is 33.0 Å². The van der Waals surface area contributed by atoms with Crippen molar-refractivity contribution in [2.45, 2.75) is 55.5 Å². The number of ether oxygens (including phenoxy) is 6. The number of allylic oxidation sites excluding steroid dienone is 1. The third kappa shape index (κ3) is 7.23. The fourth-order valence-corrected chi connectivity index (χ4v) is 6.69. The Kier molecular flexibility index (Phi) is 10.4. The number of hydrogen-bond acceptors (Lipinski definition) is 10. The molecule has 0 saturated carbocycles. The summed E-state index contributed by atoms with van der Waals surface area (Å²) in [6.07, 6.45) is 6.50. The van der Waals surface area contributed by atoms with E-state index in [2.05, 4.69) is 11.8 Å². The van der Waals surface area contributed by atoms with Crippen LogP contribution < -0.4 is 9.47 Å². The van der Waals surface area contributed by atoms with E-state index < -0.39 is 33.5 Å². The van der Waals surface area contributed by atoms with E-state index in [9.17, 15) is 18.0 Å². The van der Waals surface area contributed by atoms with Crippen molar-refractivity contribution in [1.29, 1.82) is 0 Å². The summed E-state index contributed by atoms with van der Waals surface area (Å²) < 4.78 is 61.2. The molecule has 2 aromatic carbocycles. The molecular formula is C35H39NO10S. The molecule has 0 N–H and O–H groups in total. The number of imide groups is 1. The Labute approximate surface area is 275 Å². The van der Waals surface area contributed by atoms with Crippen LogP contribution in [0, 0.1) is 11.8 Å². The number of nitrogens with zero attached hydrogens (tertiary/aromatic N) is 1. The summed E-state index contributed by atoms with van der Waals surface area (Å²) in [5.41, 5.74) is 2.25. The molecule has 1 saturated heterocycles. The van der Waals surface area contributed by atoms with Crippen LogP contribution in [0.15, 0.2) is 64.8 Å². The molecule has 0 aromatic heterocycles. The van der Waals surface area contributed by atoms with Crippen LogP contribution in [-0.4, -0.2) is 84.4 Å². The molecule has 3 aliphatic rings. The third-order valence-electron chi connectivity index (χ3n) is 8.31. The van der Waals surface area contributed by atoms with Gasteiger partial charge in [-0.25, -0.2) is 8.42 Å². The Bertz CT molecular complexity index is 1730. The molecule has 5 rings (SSSR count). The van der Waals surface area contributed by atoms with Crippen molar-refractivity contribution >= 4 is 21.7 Å². The fourth-order valence-electron chi connectivity index (χ4n) is 5.85. The Hall–Kier alpha value is -4.15. The van der Waals surface area contributed by atoms with Gasteiger partial charge in [-0.3, -0.25) is 14.5 Å². The zero-order valence-electron chi connectivity index (χ0n) is 27.2. The highest BCUT2D eigenvalue weighted by Gasteiger charge is 2.39. The lowest BCUT2D eigenvalue weighted by atomic mass is 9.92. The standard InChI is InChI=1S/C35H39NO10S/c1-6-16-45-32-30(44-17-10-9-15-36-33(37)26-11-7-8-12-27(26)34(36)38)19-23(20-31(32)47(5,39)40)28-13-14-29(46-28)24-18-25(41-2)22-35(21-24,42-3)43-4/h7-8,11-12,18-20,22,28-29H,6,13-17,21H2,1-5H3/t28-,29-/m1/s1. The average molecular weight is 666 g/mol. The normalized spacial score (nSPS) is 20.2. The minimum Gasteiger partial charge on any atom is -0.497 e. The predicted octanol–water partition coefficient (Wildman–Crippen LogP) is 4.63. The van der Waals surface area contributed by atoms with Gasteiger partial charge in [0.1, 0.15) is 17.3 Å². The van der Waals surface area contributed by atoms with Crippen LogP contribution in [0.2, 0.25) is 0 Å². The molecule has 0 unspecified atom stereocenters. The molecule has 2 amide bonds. The highest BCUT2D eigenvalue weighted by atomic mass is 32.2. The van der Waals surface area contributed by atoms with Crippen LogP contribution in [0.3, 0.4) is 0 Å². The topological polar surface area (TPSA) is 127 Å². The van der Waals surface area contributed by atoms with Crippen LogP contribution in [0.1, 0.15) is 65.0 Å². The predicted molar refractivity (Wildman–Crippen MR) is 172 cm³/mol. The molecule has 2 aromatic rings. The van der Waals surface area contributed by atoms with E-state index >= 15 is 0 Å². The number of hydrogen-bond donors (Lipinski definition) is 0. The average Bonchev–Trinajstić information content (AvgIpc) is 3.66. The van der Waals surface area contributed by atoms with Crippen LogP contribution >= 0.6 is 0 Å². The molecule has 2 aliphatic heterocycles. The fraction of sp³-hybridized carbons (Fsp3) is 0.429. The first-order valence-electron chi connectivity index (χ1n) is 15.3. The quantitative estimate of drug-likeness (QED) is 0.180. The molecule has 1 fully saturated rings. The number of benzene rings is 2. The van der Waals surface area contributed by atoms with E-state index in [1.165, 1.54) is 0 Å². The van der Waals surface area contributed by atoms with Crippen molar-refractivity contribution in [3.8, 4) is 23.3 Å². The monoisotopic (exact) mass is 665 g/mol. The van der Waals surface area contributed by atoms with Gasteiger partial charge in [0.25, 0.3) is 11.8 Å². The number of methoxy groups -OCH3 is 3. The van der Waals surface area contributed by atoms with Gasteiger partial charge >= 0.3 is 0 Å². The summed E-state index contributed by atoms with van der Waals surface area (Å²) in [4.78, 5) is 26.4. The van der Waals surface area contributed by atoms with Gasteiger partial charge in [-0.1, -0.05) is 30.9 Å². The van der Waals surface area contributed by atoms with E-state index in [1.54, 1.807) is 63.8 Å². The highest BCUT2D eigenvalue weighted by Crippen LogP contribution is 2.44. The summed E-state index contributed by atoms with van der Waals surface area (Å²) in [7, 11) is 0.976. The van der Waals surface area contributed by atoms with Crippen molar-refractivity contribution in [1.82, 2.24) is 4.90 Å². The van der Waals surface area contributed by atoms with Crippen molar-refractivity contribution < 1.29 is 46.4 Å². The summed E-state index contributed by atoms with van der Waals surface area (Å²) in [6, 6.07) is 9.94. The summed E-state index contributed by atoms with van der Waals surface area (Å²) in [6.45, 7) is 1.94. The second-order valence-corrected chi connectivity index (χ2v) is 13.4. The maximum absolute atomic E-state index is 13.0. The number of carbonyl (C=O) groups excluding carboxylic acids is 2. The van der Waals surface area contributed by atoms with E-state index in [4.69, 9.17) is 28.4 Å². The first kappa shape index (κ1) is 34.2. The molecule has 2 atom stereocenters. The Morgan fingerprint density at radius 1 is 0.979 bits per heavy atom. The van der Waals surface area contributed by atoms with E-state index in [-0.39, 0.29) is 42.3 Å². The van der Waals surface area contributed by atoms with Gasteiger partial charge in [0.15, 0.2) is 27.1 Å². The minimum atomic E-state index is -3.74. The molecule has 47 heavy (non-hydrogen) atoms. The number of sulfone groups is 1. The van der Waals surface area contributed by atoms with E-state index in [1.807, 2.05) is 13.0 Å². The lowest BCUT2D eigenvalue weighted by Crippen LogP contribution is -2.36. The number of fused-ring (bicyclic) bond motifs is 1. The van der Waals surface area contributed by atoms with Crippen molar-refractivity contribution in [3.05, 3.63) is 76.6 Å². The molecular weight excluding hydrogens is 626 g/mol. The SMILES string of the molecule is CCCOc1c(OCC#CCN2C(=O)c3ccccc3C2=O)cc([C@H]2CC[C@H](C3=CC(OC)=CC(OC)(OC)C3)O2)cc1S(C)(=O)=O. The van der Waals surface area contributed by atoms with Crippen LogP contribution in [0.4, 0.5) is 0 Å². The van der Waals surface area contributed by atoms with Gasteiger partial charge in [0.05, 0.1) is 43.6 Å². The zero-order valence-corrected chi connectivity index (χ0v) is 28.0. The van der Waals surface area contributed by atoms with E-state index in [0.29, 0.717) is 48.1 Å². The van der Waals surface area contributed by atoms with Gasteiger partial charge in [-0.2, -0.15) is 0 Å². The molecule has 12 heteroatoms. The lowest BCUT2D eigenvalue weighted by Gasteiger charge is -2.33. The minimum absolute atomic E-state index is 0.0104. The number of carbonyl (C=O) groups is 2. The Morgan fingerprint density at radius 2 is 1.66 bits per heavy atom. The molecule has 0 spiro atoms. The highest BCUT2D eigenvalue weighted by molar-refractivity contribution is 7.90. The van der Waals surface area contributed by atoms with Crippen LogP contribution in [-0.2, 0) is 28.8 Å². The smallest absolute Gasteiger partial charge is 0.262 e. The van der Waals surface area contributed by atoms with Crippen molar-refractivity contribution in [3.63, 3.8) is 0 Å². The summed E-state index contributed by atoms with van der Waals surface area (Å²) in [5.74, 6) is 4.78. The van der Waals surface area contributed by atoms with E-state index in [0.717, 1.165) is 16.7 Å². The molecule has 2 heterocycles. The van der Waals surface area contributed by atoms with Crippen molar-refractivity contribution in [2.24, 2.45) is 0 Å². The molecule has 250 valence electrons. The van der Waals surface area contributed by atoms with Crippen molar-refractivity contribution in [2.75, 3.05) is 47.3 Å². The summed E-state index contributed by atoms with van der Waals surface area (Å²) >= 11 is 0. The van der Waals surface area contributed by atoms with Crippen LogP contribution in [0.5, 0.6) is 11.5 Å². The Morgan fingerprint density at radius 3 is 2.28 bits per heavy atom. The maximum atomic E-state index is 13.0. The largest absolute Gasteiger partial charge is 0.497 e. The maximum Gasteiger partial charge on any atom is 0.262 e. The lowest BCUT2D eigenvalue weighted by molar-refractivity contribution is -0.173. The summed E-state index contributed by atoms with van der Waals surface area (Å²) in [5, 5.41) is 0. The molecule has 0 radical (unpaired) electrons. The van der Waals surface area contributed by atoms with Gasteiger partial charge < -0.3 is 28.4 Å². The third-order valence-corrected chi connectivity index (χ3v) is 9.41. The van der Waals surface area contributed by atoms with Gasteiger partial charge in [-0.05, 0) is 60.7 Å². The van der Waals surface area contributed by atoms with Gasteiger partial charge in [0.2, 0.25) is 0 Å². The van der Waals surface area contributed by atoms with Gasteiger partial charge in [-0.15, -0.1) is 0 Å². The first-order valence-corrected chi connectivity index (χ1v) is 17.2.